The van der Waals surface area contributed by atoms with Crippen molar-refractivity contribution >= 4 is 28.8 Å². The van der Waals surface area contributed by atoms with Crippen molar-refractivity contribution in [2.45, 2.75) is 25.3 Å². The van der Waals surface area contributed by atoms with Crippen LogP contribution in [-0.4, -0.2) is 35.3 Å². The summed E-state index contributed by atoms with van der Waals surface area (Å²) in [4.78, 5) is 18.0. The Balaban J connectivity index is 1.70. The van der Waals surface area contributed by atoms with E-state index in [0.29, 0.717) is 12.5 Å². The molecule has 0 spiro atoms. The molecular weight excluding hydrogens is 314 g/mol. The van der Waals surface area contributed by atoms with Crippen molar-refractivity contribution < 1.29 is 9.90 Å². The summed E-state index contributed by atoms with van der Waals surface area (Å²) in [6.45, 7) is 5.57. The minimum absolute atomic E-state index is 0.0253. The number of hydrogen-bond donors (Lipinski definition) is 2. The molecule has 5 nitrogen and oxygen atoms in total. The fraction of sp³-hybridized carbons (Fsp3) is 0.400. The first kappa shape index (κ1) is 15.9. The summed E-state index contributed by atoms with van der Waals surface area (Å²) in [7, 11) is 0. The molecule has 0 bridgehead atoms. The van der Waals surface area contributed by atoms with Crippen molar-refractivity contribution in [1.82, 2.24) is 10.3 Å². The highest BCUT2D eigenvalue weighted by molar-refractivity contribution is 5.96. The Kier molecular flexibility index (Phi) is 4.07. The molecule has 25 heavy (non-hydrogen) atoms. The summed E-state index contributed by atoms with van der Waals surface area (Å²) >= 11 is 0. The van der Waals surface area contributed by atoms with Crippen LogP contribution in [0.15, 0.2) is 37.0 Å². The number of aromatic nitrogens is 1. The van der Waals surface area contributed by atoms with Crippen LogP contribution in [0.2, 0.25) is 0 Å². The van der Waals surface area contributed by atoms with Crippen LogP contribution in [0.1, 0.15) is 24.8 Å². The van der Waals surface area contributed by atoms with Gasteiger partial charge in [-0.2, -0.15) is 0 Å². The van der Waals surface area contributed by atoms with Crippen molar-refractivity contribution in [3.63, 3.8) is 0 Å². The van der Waals surface area contributed by atoms with Crippen molar-refractivity contribution in [3.8, 4) is 0 Å². The minimum Gasteiger partial charge on any atom is -0.465 e. The molecule has 2 aliphatic rings. The molecule has 2 heterocycles. The van der Waals surface area contributed by atoms with E-state index in [2.05, 4.69) is 40.0 Å². The maximum Gasteiger partial charge on any atom is 0.404 e. The first-order valence-electron chi connectivity index (χ1n) is 8.90. The molecule has 130 valence electrons. The van der Waals surface area contributed by atoms with Gasteiger partial charge in [-0.25, -0.2) is 4.79 Å². The number of hydrogen-bond acceptors (Lipinski definition) is 3. The maximum atomic E-state index is 11.1. The van der Waals surface area contributed by atoms with Crippen molar-refractivity contribution in [2.75, 3.05) is 18.0 Å². The van der Waals surface area contributed by atoms with Crippen LogP contribution in [0.5, 0.6) is 0 Å². The molecule has 1 saturated carbocycles. The Morgan fingerprint density at radius 1 is 1.28 bits per heavy atom. The van der Waals surface area contributed by atoms with Gasteiger partial charge >= 0.3 is 6.09 Å². The van der Waals surface area contributed by atoms with Gasteiger partial charge in [-0.3, -0.25) is 4.98 Å². The molecule has 2 aromatic rings. The van der Waals surface area contributed by atoms with Crippen molar-refractivity contribution in [1.29, 1.82) is 0 Å². The third kappa shape index (κ3) is 3.18. The van der Waals surface area contributed by atoms with Gasteiger partial charge in [-0.1, -0.05) is 18.7 Å². The number of carbonyl (C=O) groups is 1. The second-order valence-corrected chi connectivity index (χ2v) is 7.16. The van der Waals surface area contributed by atoms with E-state index in [-0.39, 0.29) is 6.04 Å². The zero-order valence-corrected chi connectivity index (χ0v) is 14.2. The number of nitrogens with zero attached hydrogens (tertiary/aromatic N) is 2. The number of carboxylic acid groups (broad SMARTS) is 1. The standard InChI is InChI=1S/C20H23N3O2/c1-2-13-7-8-18(17-4-3-9-21-19(13)17)23-11-15(14-5-6-14)10-16(12-23)22-20(24)25/h2-4,7-9,14-16,22H,1,5-6,10-12H2,(H,24,25)/t15-,16+/m0/s1. The highest BCUT2D eigenvalue weighted by atomic mass is 16.4. The van der Waals surface area contributed by atoms with Crippen molar-refractivity contribution in [2.24, 2.45) is 11.8 Å². The van der Waals surface area contributed by atoms with Crippen LogP contribution in [-0.2, 0) is 0 Å². The smallest absolute Gasteiger partial charge is 0.404 e. The highest BCUT2D eigenvalue weighted by Crippen LogP contribution is 2.42. The molecule has 1 aromatic carbocycles. The van der Waals surface area contributed by atoms with Crippen LogP contribution >= 0.6 is 0 Å². The molecule has 2 N–H and O–H groups in total. The average Bonchev–Trinajstić information content (AvgIpc) is 3.45. The van der Waals surface area contributed by atoms with E-state index in [1.165, 1.54) is 12.8 Å². The molecule has 2 atom stereocenters. The van der Waals surface area contributed by atoms with Crippen LogP contribution in [0.25, 0.3) is 17.0 Å². The zero-order valence-electron chi connectivity index (χ0n) is 14.2. The summed E-state index contributed by atoms with van der Waals surface area (Å²) < 4.78 is 0. The van der Waals surface area contributed by atoms with Gasteiger partial charge in [-0.05, 0) is 49.3 Å². The first-order valence-corrected chi connectivity index (χ1v) is 8.90. The highest BCUT2D eigenvalue weighted by Gasteiger charge is 2.38. The van der Waals surface area contributed by atoms with Crippen molar-refractivity contribution in [3.05, 3.63) is 42.6 Å². The molecule has 1 amide bonds. The predicted octanol–water partition coefficient (Wildman–Crippen LogP) is 3.75. The third-order valence-electron chi connectivity index (χ3n) is 5.44. The van der Waals surface area contributed by atoms with Crippen LogP contribution in [0.3, 0.4) is 0 Å². The van der Waals surface area contributed by atoms with E-state index in [1.807, 2.05) is 12.1 Å². The summed E-state index contributed by atoms with van der Waals surface area (Å²) in [6, 6.07) is 8.19. The minimum atomic E-state index is -0.935. The number of pyridine rings is 1. The molecular formula is C20H23N3O2. The second kappa shape index (κ2) is 6.39. The van der Waals surface area contributed by atoms with Gasteiger partial charge in [0.1, 0.15) is 0 Å². The van der Waals surface area contributed by atoms with Gasteiger partial charge in [0.2, 0.25) is 0 Å². The fourth-order valence-electron chi connectivity index (χ4n) is 4.14. The topological polar surface area (TPSA) is 65.5 Å². The zero-order chi connectivity index (χ0) is 17.4. The lowest BCUT2D eigenvalue weighted by Crippen LogP contribution is -2.51. The maximum absolute atomic E-state index is 11.1. The van der Waals surface area contributed by atoms with Gasteiger partial charge in [0.05, 0.1) is 11.6 Å². The summed E-state index contributed by atoms with van der Waals surface area (Å²) in [5.74, 6) is 1.30. The van der Waals surface area contributed by atoms with Gasteiger partial charge < -0.3 is 15.3 Å². The number of piperidine rings is 1. The molecule has 1 saturated heterocycles. The largest absolute Gasteiger partial charge is 0.465 e. The lowest BCUT2D eigenvalue weighted by Gasteiger charge is -2.39. The number of amides is 1. The van der Waals surface area contributed by atoms with E-state index in [0.717, 1.165) is 41.0 Å². The lowest BCUT2D eigenvalue weighted by molar-refractivity contribution is 0.184. The molecule has 5 heteroatoms. The molecule has 1 aromatic heterocycles. The van der Waals surface area contributed by atoms with Gasteiger partial charge in [0.15, 0.2) is 0 Å². The van der Waals surface area contributed by atoms with E-state index in [9.17, 15) is 4.79 Å². The Morgan fingerprint density at radius 2 is 2.12 bits per heavy atom. The number of nitrogens with one attached hydrogen (secondary N) is 1. The quantitative estimate of drug-likeness (QED) is 0.892. The molecule has 1 aliphatic carbocycles. The van der Waals surface area contributed by atoms with E-state index in [4.69, 9.17) is 5.11 Å². The molecule has 0 unspecified atom stereocenters. The van der Waals surface area contributed by atoms with Gasteiger partial charge in [-0.15, -0.1) is 0 Å². The number of anilines is 1. The SMILES string of the molecule is C=Cc1ccc(N2C[C@H](NC(=O)O)C[C@H](C3CC3)C2)c2cccnc12. The monoisotopic (exact) mass is 337 g/mol. The van der Waals surface area contributed by atoms with Gasteiger partial charge in [0, 0.05) is 35.9 Å². The number of rotatable bonds is 4. The molecule has 0 radical (unpaired) electrons. The number of benzene rings is 1. The van der Waals surface area contributed by atoms with E-state index < -0.39 is 6.09 Å². The Morgan fingerprint density at radius 3 is 2.84 bits per heavy atom. The summed E-state index contributed by atoms with van der Waals surface area (Å²) in [5, 5.41) is 13.0. The normalized spacial score (nSPS) is 23.4. The Hall–Kier alpha value is -2.56. The van der Waals surface area contributed by atoms with E-state index in [1.54, 1.807) is 6.20 Å². The van der Waals surface area contributed by atoms with Crippen LogP contribution < -0.4 is 10.2 Å². The third-order valence-corrected chi connectivity index (χ3v) is 5.44. The van der Waals surface area contributed by atoms with Crippen LogP contribution in [0.4, 0.5) is 10.5 Å². The molecule has 4 rings (SSSR count). The first-order chi connectivity index (χ1) is 12.2. The Bertz CT molecular complexity index is 816. The summed E-state index contributed by atoms with van der Waals surface area (Å²) in [6.07, 6.45) is 6.18. The number of fused-ring (bicyclic) bond motifs is 1. The molecule has 1 aliphatic heterocycles. The Labute approximate surface area is 147 Å². The molecule has 2 fully saturated rings. The average molecular weight is 337 g/mol. The van der Waals surface area contributed by atoms with Crippen LogP contribution in [0, 0.1) is 11.8 Å². The van der Waals surface area contributed by atoms with E-state index >= 15 is 0 Å². The second-order valence-electron chi connectivity index (χ2n) is 7.16. The lowest BCUT2D eigenvalue weighted by atomic mass is 9.89. The van der Waals surface area contributed by atoms with Gasteiger partial charge in [0.25, 0.3) is 0 Å². The predicted molar refractivity (Wildman–Crippen MR) is 99.8 cm³/mol. The summed E-state index contributed by atoms with van der Waals surface area (Å²) in [5.41, 5.74) is 3.11. The fourth-order valence-corrected chi connectivity index (χ4v) is 4.14.